The zero-order valence-corrected chi connectivity index (χ0v) is 14.8. The van der Waals surface area contributed by atoms with Gasteiger partial charge in [0.25, 0.3) is 5.91 Å². The number of hydrogen-bond donors (Lipinski definition) is 1. The molecule has 1 aromatic rings. The number of carbonyl (C=O) groups is 3. The normalized spacial score (nSPS) is 21.3. The van der Waals surface area contributed by atoms with Crippen molar-refractivity contribution in [2.24, 2.45) is 0 Å². The van der Waals surface area contributed by atoms with Gasteiger partial charge in [-0.1, -0.05) is 0 Å². The standard InChI is InChI=1S/C18H23N3O5/c1-25-18(24)13-2-4-14(5-3-13)21-16(22)12-15(17(21)23)19-6-7-20-8-10-26-11-9-20/h2-5,15,19H,6-12H2,1H3/t15-/m1/s1. The zero-order valence-electron chi connectivity index (χ0n) is 14.8. The van der Waals surface area contributed by atoms with E-state index in [1.54, 1.807) is 24.3 Å². The molecule has 0 spiro atoms. The molecule has 0 saturated carbocycles. The van der Waals surface area contributed by atoms with Crippen molar-refractivity contribution in [2.45, 2.75) is 12.5 Å². The smallest absolute Gasteiger partial charge is 0.337 e. The summed E-state index contributed by atoms with van der Waals surface area (Å²) in [7, 11) is 1.30. The highest BCUT2D eigenvalue weighted by molar-refractivity contribution is 6.22. The van der Waals surface area contributed by atoms with Gasteiger partial charge in [-0.05, 0) is 24.3 Å². The van der Waals surface area contributed by atoms with Crippen molar-refractivity contribution in [2.75, 3.05) is 51.4 Å². The van der Waals surface area contributed by atoms with Crippen LogP contribution in [0.1, 0.15) is 16.8 Å². The molecule has 0 aromatic heterocycles. The second kappa shape index (κ2) is 8.39. The quantitative estimate of drug-likeness (QED) is 0.565. The van der Waals surface area contributed by atoms with Gasteiger partial charge >= 0.3 is 5.97 Å². The summed E-state index contributed by atoms with van der Waals surface area (Å²) in [4.78, 5) is 39.8. The first-order valence-corrected chi connectivity index (χ1v) is 8.69. The van der Waals surface area contributed by atoms with E-state index in [0.29, 0.717) is 17.8 Å². The Hall–Kier alpha value is -2.29. The molecule has 2 heterocycles. The van der Waals surface area contributed by atoms with E-state index in [4.69, 9.17) is 4.74 Å². The minimum Gasteiger partial charge on any atom is -0.465 e. The molecule has 8 heteroatoms. The van der Waals surface area contributed by atoms with E-state index in [1.807, 2.05) is 0 Å². The van der Waals surface area contributed by atoms with Gasteiger partial charge in [-0.3, -0.25) is 14.5 Å². The van der Waals surface area contributed by atoms with Crippen LogP contribution in [0.25, 0.3) is 0 Å². The van der Waals surface area contributed by atoms with Gasteiger partial charge in [0.15, 0.2) is 0 Å². The number of hydrogen-bond acceptors (Lipinski definition) is 7. The molecule has 1 N–H and O–H groups in total. The average Bonchev–Trinajstić information content (AvgIpc) is 2.95. The van der Waals surface area contributed by atoms with Gasteiger partial charge in [0, 0.05) is 26.2 Å². The summed E-state index contributed by atoms with van der Waals surface area (Å²) in [5, 5.41) is 3.18. The zero-order chi connectivity index (χ0) is 18.5. The summed E-state index contributed by atoms with van der Waals surface area (Å²) in [6.07, 6.45) is 0.140. The first-order valence-electron chi connectivity index (χ1n) is 8.69. The number of rotatable bonds is 6. The second-order valence-corrected chi connectivity index (χ2v) is 6.27. The first kappa shape index (κ1) is 18.5. The van der Waals surface area contributed by atoms with E-state index in [1.165, 1.54) is 12.0 Å². The maximum absolute atomic E-state index is 12.6. The van der Waals surface area contributed by atoms with Crippen LogP contribution in [0.2, 0.25) is 0 Å². The number of ether oxygens (including phenoxy) is 2. The third kappa shape index (κ3) is 4.09. The molecule has 0 aliphatic carbocycles. The lowest BCUT2D eigenvalue weighted by Crippen LogP contribution is -2.44. The Labute approximate surface area is 152 Å². The molecule has 2 aliphatic heterocycles. The number of carbonyl (C=O) groups excluding carboxylic acids is 3. The molecule has 2 amide bonds. The SMILES string of the molecule is COC(=O)c1ccc(N2C(=O)C[C@@H](NCCN3CCOCC3)C2=O)cc1. The minimum absolute atomic E-state index is 0.140. The molecule has 140 valence electrons. The highest BCUT2D eigenvalue weighted by Gasteiger charge is 2.39. The Morgan fingerprint density at radius 3 is 2.58 bits per heavy atom. The fraction of sp³-hybridized carbons (Fsp3) is 0.500. The van der Waals surface area contributed by atoms with Crippen LogP contribution in [0, 0.1) is 0 Å². The van der Waals surface area contributed by atoms with Crippen LogP contribution in [0.15, 0.2) is 24.3 Å². The van der Waals surface area contributed by atoms with E-state index >= 15 is 0 Å². The van der Waals surface area contributed by atoms with Crippen molar-refractivity contribution in [3.63, 3.8) is 0 Å². The third-order valence-corrected chi connectivity index (χ3v) is 4.62. The second-order valence-electron chi connectivity index (χ2n) is 6.27. The molecule has 1 aromatic carbocycles. The van der Waals surface area contributed by atoms with Crippen molar-refractivity contribution in [3.8, 4) is 0 Å². The van der Waals surface area contributed by atoms with Gasteiger partial charge in [0.05, 0.1) is 44.0 Å². The fourth-order valence-electron chi connectivity index (χ4n) is 3.15. The van der Waals surface area contributed by atoms with Crippen LogP contribution < -0.4 is 10.2 Å². The van der Waals surface area contributed by atoms with E-state index in [9.17, 15) is 14.4 Å². The van der Waals surface area contributed by atoms with Crippen LogP contribution in [0.4, 0.5) is 5.69 Å². The Morgan fingerprint density at radius 2 is 1.92 bits per heavy atom. The van der Waals surface area contributed by atoms with E-state index < -0.39 is 12.0 Å². The van der Waals surface area contributed by atoms with Gasteiger partial charge in [0.2, 0.25) is 5.91 Å². The van der Waals surface area contributed by atoms with Crippen LogP contribution >= 0.6 is 0 Å². The number of amides is 2. The fourth-order valence-corrected chi connectivity index (χ4v) is 3.15. The van der Waals surface area contributed by atoms with Crippen LogP contribution in [-0.2, 0) is 19.1 Å². The van der Waals surface area contributed by atoms with Gasteiger partial charge in [-0.25, -0.2) is 9.69 Å². The summed E-state index contributed by atoms with van der Waals surface area (Å²) in [6, 6.07) is 5.74. The lowest BCUT2D eigenvalue weighted by molar-refractivity contribution is -0.121. The van der Waals surface area contributed by atoms with Crippen molar-refractivity contribution in [1.29, 1.82) is 0 Å². The highest BCUT2D eigenvalue weighted by atomic mass is 16.5. The molecule has 0 radical (unpaired) electrons. The van der Waals surface area contributed by atoms with E-state index in [-0.39, 0.29) is 18.2 Å². The monoisotopic (exact) mass is 361 g/mol. The largest absolute Gasteiger partial charge is 0.465 e. The van der Waals surface area contributed by atoms with E-state index in [0.717, 1.165) is 32.8 Å². The molecule has 1 atom stereocenters. The maximum Gasteiger partial charge on any atom is 0.337 e. The first-order chi connectivity index (χ1) is 12.6. The molecule has 3 rings (SSSR count). The number of nitrogens with one attached hydrogen (secondary N) is 1. The molecule has 2 saturated heterocycles. The van der Waals surface area contributed by atoms with Crippen molar-refractivity contribution in [3.05, 3.63) is 29.8 Å². The molecule has 8 nitrogen and oxygen atoms in total. The molecule has 2 fully saturated rings. The van der Waals surface area contributed by atoms with E-state index in [2.05, 4.69) is 15.0 Å². The predicted molar refractivity (Wildman–Crippen MR) is 93.9 cm³/mol. The molecular weight excluding hydrogens is 338 g/mol. The highest BCUT2D eigenvalue weighted by Crippen LogP contribution is 2.23. The van der Waals surface area contributed by atoms with Gasteiger partial charge in [-0.15, -0.1) is 0 Å². The number of morpholine rings is 1. The molecule has 0 bridgehead atoms. The Kier molecular flexibility index (Phi) is 5.97. The average molecular weight is 361 g/mol. The molecule has 26 heavy (non-hydrogen) atoms. The van der Waals surface area contributed by atoms with Gasteiger partial charge < -0.3 is 14.8 Å². The van der Waals surface area contributed by atoms with Crippen molar-refractivity contribution < 1.29 is 23.9 Å². The Bertz CT molecular complexity index is 670. The maximum atomic E-state index is 12.6. The number of anilines is 1. The minimum atomic E-state index is -0.510. The summed E-state index contributed by atoms with van der Waals surface area (Å²) in [5.41, 5.74) is 0.834. The molecule has 2 aliphatic rings. The topological polar surface area (TPSA) is 88.2 Å². The lowest BCUT2D eigenvalue weighted by atomic mass is 10.2. The Balaban J connectivity index is 1.57. The Morgan fingerprint density at radius 1 is 1.23 bits per heavy atom. The number of imide groups is 1. The van der Waals surface area contributed by atoms with Crippen molar-refractivity contribution >= 4 is 23.5 Å². The molecular formula is C18H23N3O5. The number of methoxy groups -OCH3 is 1. The number of nitrogens with zero attached hydrogens (tertiary/aromatic N) is 2. The van der Waals surface area contributed by atoms with Crippen LogP contribution in [0.5, 0.6) is 0 Å². The summed E-state index contributed by atoms with van der Waals surface area (Å²) < 4.78 is 9.95. The number of esters is 1. The summed E-state index contributed by atoms with van der Waals surface area (Å²) >= 11 is 0. The van der Waals surface area contributed by atoms with Crippen LogP contribution in [0.3, 0.4) is 0 Å². The lowest BCUT2D eigenvalue weighted by Gasteiger charge is -2.27. The molecule has 0 unspecified atom stereocenters. The van der Waals surface area contributed by atoms with Crippen molar-refractivity contribution in [1.82, 2.24) is 10.2 Å². The summed E-state index contributed by atoms with van der Waals surface area (Å²) in [5.74, 6) is -0.967. The third-order valence-electron chi connectivity index (χ3n) is 4.62. The number of benzene rings is 1. The summed E-state index contributed by atoms with van der Waals surface area (Å²) in [6.45, 7) is 4.69. The van der Waals surface area contributed by atoms with Gasteiger partial charge in [-0.2, -0.15) is 0 Å². The van der Waals surface area contributed by atoms with Crippen LogP contribution in [-0.4, -0.2) is 75.2 Å². The predicted octanol–water partition coefficient (Wildman–Crippen LogP) is 0.0269. The van der Waals surface area contributed by atoms with Gasteiger partial charge in [0.1, 0.15) is 0 Å².